The molecule has 0 bridgehead atoms. The van der Waals surface area contributed by atoms with Crippen molar-refractivity contribution >= 4 is 0 Å². The molecule has 1 atom stereocenters. The zero-order chi connectivity index (χ0) is 13.8. The molecule has 106 valence electrons. The molecule has 2 aliphatic rings. The SMILES string of the molecule is N#CC1(c2ccccc2)CCN(C[C@@H]2CCOC2)CC1. The third-order valence-electron chi connectivity index (χ3n) is 4.79. The second kappa shape index (κ2) is 5.95. The highest BCUT2D eigenvalue weighted by Crippen LogP contribution is 2.35. The molecule has 1 aromatic carbocycles. The average Bonchev–Trinajstić information content (AvgIpc) is 3.02. The number of nitrogens with zero attached hydrogens (tertiary/aromatic N) is 2. The minimum Gasteiger partial charge on any atom is -0.381 e. The van der Waals surface area contributed by atoms with E-state index in [1.165, 1.54) is 12.0 Å². The summed E-state index contributed by atoms with van der Waals surface area (Å²) >= 11 is 0. The van der Waals surface area contributed by atoms with Crippen molar-refractivity contribution in [2.45, 2.75) is 24.7 Å². The predicted molar refractivity (Wildman–Crippen MR) is 78.3 cm³/mol. The van der Waals surface area contributed by atoms with Gasteiger partial charge in [-0.25, -0.2) is 0 Å². The smallest absolute Gasteiger partial charge is 0.0846 e. The van der Waals surface area contributed by atoms with Crippen LogP contribution >= 0.6 is 0 Å². The van der Waals surface area contributed by atoms with E-state index in [-0.39, 0.29) is 5.41 Å². The molecule has 2 aliphatic heterocycles. The minimum atomic E-state index is -0.274. The second-order valence-electron chi connectivity index (χ2n) is 6.09. The molecule has 0 amide bonds. The Labute approximate surface area is 121 Å². The van der Waals surface area contributed by atoms with E-state index < -0.39 is 0 Å². The van der Waals surface area contributed by atoms with E-state index in [1.54, 1.807) is 0 Å². The number of rotatable bonds is 3. The van der Waals surface area contributed by atoms with Gasteiger partial charge in [-0.05, 0) is 43.8 Å². The summed E-state index contributed by atoms with van der Waals surface area (Å²) in [5, 5.41) is 9.68. The van der Waals surface area contributed by atoms with Gasteiger partial charge in [0.15, 0.2) is 0 Å². The van der Waals surface area contributed by atoms with Crippen molar-refractivity contribution in [2.24, 2.45) is 5.92 Å². The van der Waals surface area contributed by atoms with Crippen molar-refractivity contribution in [2.75, 3.05) is 32.8 Å². The molecule has 0 aromatic heterocycles. The van der Waals surface area contributed by atoms with Crippen molar-refractivity contribution in [1.82, 2.24) is 4.90 Å². The van der Waals surface area contributed by atoms with E-state index in [0.717, 1.165) is 45.7 Å². The molecule has 3 heteroatoms. The normalized spacial score (nSPS) is 26.2. The van der Waals surface area contributed by atoms with Crippen LogP contribution in [0.3, 0.4) is 0 Å². The summed E-state index contributed by atoms with van der Waals surface area (Å²) in [5.41, 5.74) is 0.913. The van der Waals surface area contributed by atoms with Gasteiger partial charge < -0.3 is 9.64 Å². The van der Waals surface area contributed by atoms with Gasteiger partial charge in [0.25, 0.3) is 0 Å². The van der Waals surface area contributed by atoms with Crippen LogP contribution in [0.4, 0.5) is 0 Å². The first kappa shape index (κ1) is 13.6. The van der Waals surface area contributed by atoms with Gasteiger partial charge >= 0.3 is 0 Å². The Balaban J connectivity index is 1.63. The molecule has 0 spiro atoms. The zero-order valence-corrected chi connectivity index (χ0v) is 11.9. The average molecular weight is 270 g/mol. The van der Waals surface area contributed by atoms with Gasteiger partial charge in [-0.3, -0.25) is 0 Å². The quantitative estimate of drug-likeness (QED) is 0.847. The fourth-order valence-corrected chi connectivity index (χ4v) is 3.43. The summed E-state index contributed by atoms with van der Waals surface area (Å²) in [4.78, 5) is 2.51. The van der Waals surface area contributed by atoms with Crippen molar-refractivity contribution < 1.29 is 4.74 Å². The number of ether oxygens (including phenoxy) is 1. The van der Waals surface area contributed by atoms with Crippen molar-refractivity contribution in [1.29, 1.82) is 5.26 Å². The van der Waals surface area contributed by atoms with Crippen LogP contribution in [-0.2, 0) is 10.2 Å². The van der Waals surface area contributed by atoms with Crippen LogP contribution in [0.1, 0.15) is 24.8 Å². The van der Waals surface area contributed by atoms with Crippen molar-refractivity contribution in [3.05, 3.63) is 35.9 Å². The number of hydrogen-bond donors (Lipinski definition) is 0. The molecule has 1 aromatic rings. The molecular weight excluding hydrogens is 248 g/mol. The number of likely N-dealkylation sites (tertiary alicyclic amines) is 1. The molecule has 3 rings (SSSR count). The second-order valence-corrected chi connectivity index (χ2v) is 6.09. The van der Waals surface area contributed by atoms with Gasteiger partial charge in [0.05, 0.1) is 18.1 Å². The highest BCUT2D eigenvalue weighted by atomic mass is 16.5. The molecule has 2 heterocycles. The molecule has 2 fully saturated rings. The van der Waals surface area contributed by atoms with Crippen molar-refractivity contribution in [3.63, 3.8) is 0 Å². The fraction of sp³-hybridized carbons (Fsp3) is 0.588. The molecule has 0 radical (unpaired) electrons. The third kappa shape index (κ3) is 2.72. The fourth-order valence-electron chi connectivity index (χ4n) is 3.43. The summed E-state index contributed by atoms with van der Waals surface area (Å²) in [5.74, 6) is 0.696. The lowest BCUT2D eigenvalue weighted by Crippen LogP contribution is -2.43. The van der Waals surface area contributed by atoms with Gasteiger partial charge in [-0.2, -0.15) is 5.26 Å². The maximum absolute atomic E-state index is 9.68. The van der Waals surface area contributed by atoms with Gasteiger partial charge in [0, 0.05) is 13.2 Å². The number of hydrogen-bond acceptors (Lipinski definition) is 3. The van der Waals surface area contributed by atoms with Crippen LogP contribution in [0.15, 0.2) is 30.3 Å². The van der Waals surface area contributed by atoms with E-state index in [4.69, 9.17) is 4.74 Å². The van der Waals surface area contributed by atoms with Crippen LogP contribution in [0.5, 0.6) is 0 Å². The van der Waals surface area contributed by atoms with Gasteiger partial charge in [-0.15, -0.1) is 0 Å². The van der Waals surface area contributed by atoms with Crippen LogP contribution < -0.4 is 0 Å². The molecule has 2 saturated heterocycles. The Bertz CT molecular complexity index is 466. The highest BCUT2D eigenvalue weighted by Gasteiger charge is 2.36. The molecule has 0 aliphatic carbocycles. The van der Waals surface area contributed by atoms with E-state index in [9.17, 15) is 5.26 Å². The largest absolute Gasteiger partial charge is 0.381 e. The number of piperidine rings is 1. The standard InChI is InChI=1S/C17H22N2O/c18-14-17(16-4-2-1-3-5-16)7-9-19(10-8-17)12-15-6-11-20-13-15/h1-5,15H,6-13H2/t15-/m0/s1. The van der Waals surface area contributed by atoms with Crippen molar-refractivity contribution in [3.8, 4) is 6.07 Å². The summed E-state index contributed by atoms with van der Waals surface area (Å²) in [6, 6.07) is 12.9. The van der Waals surface area contributed by atoms with E-state index >= 15 is 0 Å². The number of nitriles is 1. The summed E-state index contributed by atoms with van der Waals surface area (Å²) in [6.45, 7) is 5.03. The lowest BCUT2D eigenvalue weighted by molar-refractivity contribution is 0.141. The third-order valence-corrected chi connectivity index (χ3v) is 4.79. The van der Waals surface area contributed by atoms with E-state index in [1.807, 2.05) is 18.2 Å². The van der Waals surface area contributed by atoms with Crippen LogP contribution in [0.25, 0.3) is 0 Å². The Kier molecular flexibility index (Phi) is 4.05. The first-order chi connectivity index (χ1) is 9.82. The Hall–Kier alpha value is -1.37. The van der Waals surface area contributed by atoms with Gasteiger partial charge in [0.1, 0.15) is 0 Å². The summed E-state index contributed by atoms with van der Waals surface area (Å²) < 4.78 is 5.45. The zero-order valence-electron chi connectivity index (χ0n) is 11.9. The Morgan fingerprint density at radius 1 is 1.25 bits per heavy atom. The van der Waals surface area contributed by atoms with Gasteiger partial charge in [-0.1, -0.05) is 30.3 Å². The van der Waals surface area contributed by atoms with Crippen LogP contribution in [0.2, 0.25) is 0 Å². The maximum atomic E-state index is 9.68. The van der Waals surface area contributed by atoms with E-state index in [2.05, 4.69) is 23.1 Å². The predicted octanol–water partition coefficient (Wildman–Crippen LogP) is 2.58. The molecule has 20 heavy (non-hydrogen) atoms. The number of benzene rings is 1. The molecule has 0 saturated carbocycles. The topological polar surface area (TPSA) is 36.3 Å². The van der Waals surface area contributed by atoms with Crippen LogP contribution in [-0.4, -0.2) is 37.7 Å². The highest BCUT2D eigenvalue weighted by molar-refractivity contribution is 5.33. The molecule has 3 nitrogen and oxygen atoms in total. The van der Waals surface area contributed by atoms with Crippen LogP contribution in [0, 0.1) is 17.2 Å². The van der Waals surface area contributed by atoms with Gasteiger partial charge in [0.2, 0.25) is 0 Å². The first-order valence-electron chi connectivity index (χ1n) is 7.59. The lowest BCUT2D eigenvalue weighted by Gasteiger charge is -2.38. The minimum absolute atomic E-state index is 0.274. The Morgan fingerprint density at radius 3 is 2.60 bits per heavy atom. The maximum Gasteiger partial charge on any atom is 0.0846 e. The molecule has 0 N–H and O–H groups in total. The molecular formula is C17H22N2O. The lowest BCUT2D eigenvalue weighted by atomic mass is 9.74. The Morgan fingerprint density at radius 2 is 2.00 bits per heavy atom. The summed E-state index contributed by atoms with van der Waals surface area (Å²) in [6.07, 6.45) is 3.08. The first-order valence-corrected chi connectivity index (χ1v) is 7.59. The van der Waals surface area contributed by atoms with E-state index in [0.29, 0.717) is 5.92 Å². The monoisotopic (exact) mass is 270 g/mol. The summed E-state index contributed by atoms with van der Waals surface area (Å²) in [7, 11) is 0. The molecule has 0 unspecified atom stereocenters.